The summed E-state index contributed by atoms with van der Waals surface area (Å²) in [5, 5.41) is 11.4. The van der Waals surface area contributed by atoms with Crippen LogP contribution in [0.4, 0.5) is 0 Å². The van der Waals surface area contributed by atoms with Gasteiger partial charge < -0.3 is 24.4 Å². The number of aliphatic hydroxyl groups excluding tert-OH is 1. The number of benzene rings is 2. The van der Waals surface area contributed by atoms with Crippen molar-refractivity contribution in [1.82, 2.24) is 9.80 Å². The number of carbonyl (C=O) groups is 2. The summed E-state index contributed by atoms with van der Waals surface area (Å²) in [6.07, 6.45) is 2.82. The molecule has 1 saturated heterocycles. The summed E-state index contributed by atoms with van der Waals surface area (Å²) in [6, 6.07) is 12.2. The molecule has 1 fully saturated rings. The van der Waals surface area contributed by atoms with Gasteiger partial charge in [-0.25, -0.2) is 0 Å². The number of likely N-dealkylation sites (N-methyl/N-ethyl adjacent to an activating group) is 1. The summed E-state index contributed by atoms with van der Waals surface area (Å²) in [6.45, 7) is 11.6. The van der Waals surface area contributed by atoms with Crippen molar-refractivity contribution in [2.24, 2.45) is 0 Å². The van der Waals surface area contributed by atoms with Crippen molar-refractivity contribution in [2.45, 2.75) is 59.1 Å². The van der Waals surface area contributed by atoms with Gasteiger partial charge in [-0.1, -0.05) is 39.3 Å². The molecule has 7 nitrogen and oxygen atoms in total. The number of fused-ring (bicyclic) bond motifs is 1. The van der Waals surface area contributed by atoms with E-state index in [0.717, 1.165) is 55.0 Å². The highest BCUT2D eigenvalue weighted by molar-refractivity contribution is 6.46. The second-order valence-electron chi connectivity index (χ2n) is 9.75. The molecule has 37 heavy (non-hydrogen) atoms. The quantitative estimate of drug-likeness (QED) is 0.201. The Hall–Kier alpha value is -3.32. The number of ether oxygens (including phenoxy) is 2. The Morgan fingerprint density at radius 3 is 2.51 bits per heavy atom. The van der Waals surface area contributed by atoms with Crippen LogP contribution in [-0.4, -0.2) is 65.5 Å². The van der Waals surface area contributed by atoms with Gasteiger partial charge in [0.05, 0.1) is 18.2 Å². The van der Waals surface area contributed by atoms with E-state index in [9.17, 15) is 14.7 Å². The van der Waals surface area contributed by atoms with Crippen LogP contribution in [-0.2, 0) is 16.0 Å². The zero-order chi connectivity index (χ0) is 26.5. The lowest BCUT2D eigenvalue weighted by atomic mass is 9.94. The minimum absolute atomic E-state index is 0.0658. The highest BCUT2D eigenvalue weighted by Gasteiger charge is 2.46. The molecular weight excluding hydrogens is 468 g/mol. The molecule has 0 aliphatic carbocycles. The van der Waals surface area contributed by atoms with Crippen LogP contribution < -0.4 is 9.47 Å². The molecule has 2 aromatic rings. The Morgan fingerprint density at radius 1 is 1.11 bits per heavy atom. The van der Waals surface area contributed by atoms with E-state index in [1.54, 1.807) is 11.0 Å². The minimum Gasteiger partial charge on any atom is -0.507 e. The smallest absolute Gasteiger partial charge is 0.295 e. The number of nitrogens with zero attached hydrogens (tertiary/aromatic N) is 2. The molecule has 0 spiro atoms. The maximum absolute atomic E-state index is 13.4. The van der Waals surface area contributed by atoms with E-state index in [2.05, 4.69) is 25.7 Å². The Balaban J connectivity index is 1.72. The van der Waals surface area contributed by atoms with Crippen molar-refractivity contribution in [1.29, 1.82) is 0 Å². The lowest BCUT2D eigenvalue weighted by Gasteiger charge is -2.28. The molecule has 0 radical (unpaired) electrons. The second-order valence-corrected chi connectivity index (χ2v) is 9.75. The minimum atomic E-state index is -0.677. The molecule has 2 aliphatic rings. The molecule has 0 unspecified atom stereocenters. The first-order chi connectivity index (χ1) is 17.9. The van der Waals surface area contributed by atoms with Crippen LogP contribution in [0.1, 0.15) is 63.3 Å². The van der Waals surface area contributed by atoms with Gasteiger partial charge in [-0.05, 0) is 67.9 Å². The van der Waals surface area contributed by atoms with E-state index in [0.29, 0.717) is 25.3 Å². The van der Waals surface area contributed by atoms with E-state index in [1.807, 2.05) is 43.3 Å². The van der Waals surface area contributed by atoms with Crippen LogP contribution in [0.2, 0.25) is 0 Å². The Labute approximate surface area is 219 Å². The maximum Gasteiger partial charge on any atom is 0.295 e. The molecule has 7 heteroatoms. The summed E-state index contributed by atoms with van der Waals surface area (Å²) < 4.78 is 11.6. The monoisotopic (exact) mass is 506 g/mol. The number of carbonyl (C=O) groups excluding carboxylic acids is 2. The first-order valence-electron chi connectivity index (χ1n) is 13.4. The molecule has 2 heterocycles. The van der Waals surface area contributed by atoms with E-state index in [-0.39, 0.29) is 17.4 Å². The van der Waals surface area contributed by atoms with E-state index in [4.69, 9.17) is 9.47 Å². The van der Waals surface area contributed by atoms with Crippen LogP contribution in [0.25, 0.3) is 5.76 Å². The first kappa shape index (κ1) is 26.7. The van der Waals surface area contributed by atoms with Gasteiger partial charge in [0, 0.05) is 25.1 Å². The SMILES string of the molecule is CCCCOc1ccc([C@@H]2C(=C(O)c3ccc4c(c3)C[C@@H](C)O4)C(=O)C(=O)N2CCN(CC)CC)cc1. The third kappa shape index (κ3) is 5.67. The molecule has 0 bridgehead atoms. The molecular formula is C30H38N2O5. The number of aliphatic hydroxyl groups is 1. The lowest BCUT2D eigenvalue weighted by molar-refractivity contribution is -0.140. The van der Waals surface area contributed by atoms with Crippen molar-refractivity contribution in [3.05, 3.63) is 64.7 Å². The number of ketones is 1. The molecule has 0 aromatic heterocycles. The van der Waals surface area contributed by atoms with Crippen LogP contribution >= 0.6 is 0 Å². The molecule has 4 rings (SSSR count). The molecule has 2 atom stereocenters. The number of likely N-dealkylation sites (tertiary alicyclic amines) is 1. The summed E-state index contributed by atoms with van der Waals surface area (Å²) in [4.78, 5) is 30.4. The van der Waals surface area contributed by atoms with Crippen LogP contribution in [0.3, 0.4) is 0 Å². The van der Waals surface area contributed by atoms with E-state index in [1.165, 1.54) is 0 Å². The van der Waals surface area contributed by atoms with E-state index < -0.39 is 17.7 Å². The van der Waals surface area contributed by atoms with Gasteiger partial charge in [-0.2, -0.15) is 0 Å². The maximum atomic E-state index is 13.4. The molecule has 0 saturated carbocycles. The zero-order valence-electron chi connectivity index (χ0n) is 22.3. The van der Waals surface area contributed by atoms with Crippen molar-refractivity contribution < 1.29 is 24.2 Å². The number of Topliss-reactive ketones (excluding diaryl/α,β-unsaturated/α-hetero) is 1. The average molecular weight is 507 g/mol. The number of rotatable bonds is 11. The molecule has 1 N–H and O–H groups in total. The highest BCUT2D eigenvalue weighted by Crippen LogP contribution is 2.41. The van der Waals surface area contributed by atoms with Crippen molar-refractivity contribution in [3.63, 3.8) is 0 Å². The third-order valence-corrected chi connectivity index (χ3v) is 7.22. The Bertz CT molecular complexity index is 1150. The van der Waals surface area contributed by atoms with Crippen molar-refractivity contribution in [2.75, 3.05) is 32.8 Å². The predicted octanol–water partition coefficient (Wildman–Crippen LogP) is 4.95. The zero-order valence-corrected chi connectivity index (χ0v) is 22.3. The normalized spacial score (nSPS) is 20.4. The van der Waals surface area contributed by atoms with E-state index >= 15 is 0 Å². The van der Waals surface area contributed by atoms with Gasteiger partial charge in [-0.3, -0.25) is 9.59 Å². The molecule has 2 aliphatic heterocycles. The number of hydrogen-bond donors (Lipinski definition) is 1. The molecule has 2 aromatic carbocycles. The Morgan fingerprint density at radius 2 is 1.84 bits per heavy atom. The largest absolute Gasteiger partial charge is 0.507 e. The second kappa shape index (κ2) is 11.8. The predicted molar refractivity (Wildman–Crippen MR) is 144 cm³/mol. The highest BCUT2D eigenvalue weighted by atomic mass is 16.5. The standard InChI is InChI=1S/C30H38N2O5/c1-5-8-17-36-24-12-9-21(10-13-24)27-26(29(34)30(35)32(27)16-15-31(6-2)7-3)28(33)22-11-14-25-23(19-22)18-20(4)37-25/h9-14,19-20,27,33H,5-8,15-18H2,1-4H3/t20-,27-/m1/s1. The lowest BCUT2D eigenvalue weighted by Crippen LogP contribution is -2.38. The van der Waals surface area contributed by atoms with Crippen molar-refractivity contribution in [3.8, 4) is 11.5 Å². The molecule has 1 amide bonds. The van der Waals surface area contributed by atoms with Crippen LogP contribution in [0.15, 0.2) is 48.0 Å². The summed E-state index contributed by atoms with van der Waals surface area (Å²) in [7, 11) is 0. The van der Waals surface area contributed by atoms with Gasteiger partial charge in [0.2, 0.25) is 0 Å². The fourth-order valence-corrected chi connectivity index (χ4v) is 5.05. The fourth-order valence-electron chi connectivity index (χ4n) is 5.05. The number of unbranched alkanes of at least 4 members (excludes halogenated alkanes) is 1. The van der Waals surface area contributed by atoms with Gasteiger partial charge in [-0.15, -0.1) is 0 Å². The van der Waals surface area contributed by atoms with Crippen molar-refractivity contribution >= 4 is 17.4 Å². The molecule has 198 valence electrons. The first-order valence-corrected chi connectivity index (χ1v) is 13.4. The number of amides is 1. The van der Waals surface area contributed by atoms with Gasteiger partial charge in [0.1, 0.15) is 23.4 Å². The summed E-state index contributed by atoms with van der Waals surface area (Å²) in [5.74, 6) is 0.138. The average Bonchev–Trinajstić information content (AvgIpc) is 3.40. The topological polar surface area (TPSA) is 79.3 Å². The van der Waals surface area contributed by atoms with Crippen LogP contribution in [0, 0.1) is 0 Å². The third-order valence-electron chi connectivity index (χ3n) is 7.22. The number of hydrogen-bond acceptors (Lipinski definition) is 6. The van der Waals surface area contributed by atoms with Crippen LogP contribution in [0.5, 0.6) is 11.5 Å². The fraction of sp³-hybridized carbons (Fsp3) is 0.467. The summed E-state index contributed by atoms with van der Waals surface area (Å²) >= 11 is 0. The Kier molecular flexibility index (Phi) is 8.54. The van der Waals surface area contributed by atoms with Gasteiger partial charge in [0.15, 0.2) is 0 Å². The summed E-state index contributed by atoms with van der Waals surface area (Å²) in [5.41, 5.74) is 2.39. The van der Waals surface area contributed by atoms with Gasteiger partial charge in [0.25, 0.3) is 11.7 Å². The van der Waals surface area contributed by atoms with Gasteiger partial charge >= 0.3 is 0 Å².